The fraction of sp³-hybridized carbons (Fsp3) is 0.217. The molecule has 7 nitrogen and oxygen atoms in total. The first-order chi connectivity index (χ1) is 15.1. The number of aromatic nitrogens is 3. The van der Waals surface area contributed by atoms with Crippen molar-refractivity contribution in [3.05, 3.63) is 75.9 Å². The third-order valence-electron chi connectivity index (χ3n) is 4.71. The number of carbonyl (C=O) groups excluding carboxylic acids is 1. The first-order valence-electron chi connectivity index (χ1n) is 10.1. The summed E-state index contributed by atoms with van der Waals surface area (Å²) in [6.45, 7) is 4.32. The number of rotatable bonds is 6. The summed E-state index contributed by atoms with van der Waals surface area (Å²) in [5, 5.41) is 9.10. The lowest BCUT2D eigenvalue weighted by molar-refractivity contribution is -0.119. The quantitative estimate of drug-likeness (QED) is 0.317. The van der Waals surface area contributed by atoms with Gasteiger partial charge < -0.3 is 4.98 Å². The number of guanidine groups is 1. The Morgan fingerprint density at radius 3 is 2.71 bits per heavy atom. The van der Waals surface area contributed by atoms with Gasteiger partial charge in [0.05, 0.1) is 6.42 Å². The molecule has 0 saturated carbocycles. The maximum Gasteiger partial charge on any atom is 0.231 e. The molecule has 0 atom stereocenters. The summed E-state index contributed by atoms with van der Waals surface area (Å²) in [6, 6.07) is 14.0. The molecule has 4 rings (SSSR count). The summed E-state index contributed by atoms with van der Waals surface area (Å²) >= 11 is 1.55. The minimum absolute atomic E-state index is 0.134. The van der Waals surface area contributed by atoms with Crippen LogP contribution in [0.1, 0.15) is 21.8 Å². The van der Waals surface area contributed by atoms with E-state index >= 15 is 0 Å². The van der Waals surface area contributed by atoms with Crippen LogP contribution in [-0.2, 0) is 17.6 Å². The fourth-order valence-electron chi connectivity index (χ4n) is 3.37. The topological polar surface area (TPSA) is 95.1 Å². The van der Waals surface area contributed by atoms with E-state index in [1.165, 1.54) is 10.9 Å². The minimum Gasteiger partial charge on any atom is -0.361 e. The zero-order valence-corrected chi connectivity index (χ0v) is 18.3. The van der Waals surface area contributed by atoms with E-state index in [9.17, 15) is 4.79 Å². The Hall–Kier alpha value is -3.52. The van der Waals surface area contributed by atoms with Crippen molar-refractivity contribution in [2.45, 2.75) is 26.7 Å². The van der Waals surface area contributed by atoms with Gasteiger partial charge in [-0.2, -0.15) is 0 Å². The Morgan fingerprint density at radius 2 is 1.94 bits per heavy atom. The molecule has 0 fully saturated rings. The van der Waals surface area contributed by atoms with E-state index in [2.05, 4.69) is 42.7 Å². The zero-order valence-electron chi connectivity index (χ0n) is 17.5. The number of aryl methyl sites for hydroxylation is 2. The maximum atomic E-state index is 12.5. The maximum absolute atomic E-state index is 12.5. The van der Waals surface area contributed by atoms with Gasteiger partial charge in [-0.1, -0.05) is 24.3 Å². The van der Waals surface area contributed by atoms with Crippen molar-refractivity contribution < 1.29 is 4.79 Å². The fourth-order valence-corrected chi connectivity index (χ4v) is 4.08. The van der Waals surface area contributed by atoms with Gasteiger partial charge in [0.2, 0.25) is 17.8 Å². The molecular weight excluding hydrogens is 408 g/mol. The lowest BCUT2D eigenvalue weighted by Crippen LogP contribution is -2.37. The molecule has 0 aliphatic rings. The van der Waals surface area contributed by atoms with Gasteiger partial charge in [-0.3, -0.25) is 20.4 Å². The number of para-hydroxylation sites is 1. The summed E-state index contributed by atoms with van der Waals surface area (Å²) in [6.07, 6.45) is 3.05. The summed E-state index contributed by atoms with van der Waals surface area (Å²) in [7, 11) is 0. The summed E-state index contributed by atoms with van der Waals surface area (Å²) in [5.74, 6) is 0.635. The molecule has 1 aromatic carbocycles. The summed E-state index contributed by atoms with van der Waals surface area (Å²) in [5.41, 5.74) is 3.98. The van der Waals surface area contributed by atoms with Crippen molar-refractivity contribution in [3.8, 4) is 0 Å². The van der Waals surface area contributed by atoms with Crippen molar-refractivity contribution >= 4 is 40.1 Å². The number of carbonyl (C=O) groups is 1. The second-order valence-electron chi connectivity index (χ2n) is 7.24. The van der Waals surface area contributed by atoms with Gasteiger partial charge in [-0.15, -0.1) is 11.3 Å². The molecule has 3 heterocycles. The van der Waals surface area contributed by atoms with E-state index in [0.717, 1.165) is 28.2 Å². The van der Waals surface area contributed by atoms with Gasteiger partial charge >= 0.3 is 0 Å². The number of nitrogens with zero attached hydrogens (tertiary/aromatic N) is 3. The highest BCUT2D eigenvalue weighted by Gasteiger charge is 2.11. The Labute approximate surface area is 184 Å². The molecule has 4 aromatic rings. The molecule has 0 saturated heterocycles. The van der Waals surface area contributed by atoms with Crippen molar-refractivity contribution in [1.29, 1.82) is 0 Å². The van der Waals surface area contributed by atoms with E-state index < -0.39 is 0 Å². The van der Waals surface area contributed by atoms with Crippen molar-refractivity contribution in [2.75, 3.05) is 11.9 Å². The third-order valence-corrected chi connectivity index (χ3v) is 5.59. The summed E-state index contributed by atoms with van der Waals surface area (Å²) < 4.78 is 0. The van der Waals surface area contributed by atoms with Gasteiger partial charge in [0.15, 0.2) is 0 Å². The minimum atomic E-state index is -0.134. The van der Waals surface area contributed by atoms with Crippen LogP contribution in [0.5, 0.6) is 0 Å². The highest BCUT2D eigenvalue weighted by Crippen LogP contribution is 2.18. The molecular formula is C23H24N6OS. The average Bonchev–Trinajstić information content (AvgIpc) is 3.37. The number of aliphatic imine (C=N–C) groups is 1. The smallest absolute Gasteiger partial charge is 0.231 e. The molecule has 0 aliphatic heterocycles. The Balaban J connectivity index is 1.49. The Kier molecular flexibility index (Phi) is 6.37. The Morgan fingerprint density at radius 1 is 1.13 bits per heavy atom. The molecule has 8 heteroatoms. The molecule has 0 radical (unpaired) electrons. The lowest BCUT2D eigenvalue weighted by atomic mass is 10.1. The standard InChI is InChI=1S/C23H24N6OS/c1-15-12-16(2)27-23(26-15)29-22(28-21(30)13-18-6-5-11-31-18)24-10-9-17-14-25-20-8-4-3-7-19(17)20/h3-8,11-12,14,25H,9-10,13H2,1-2H3,(H2,24,26,27,28,29,30). The second kappa shape index (κ2) is 9.53. The Bertz CT molecular complexity index is 1190. The predicted octanol–water partition coefficient (Wildman–Crippen LogP) is 4.01. The van der Waals surface area contributed by atoms with Crippen LogP contribution in [0.15, 0.2) is 59.0 Å². The van der Waals surface area contributed by atoms with Crippen molar-refractivity contribution in [2.24, 2.45) is 4.99 Å². The van der Waals surface area contributed by atoms with E-state index in [0.29, 0.717) is 24.9 Å². The monoisotopic (exact) mass is 432 g/mol. The average molecular weight is 433 g/mol. The molecule has 1 amide bonds. The number of amides is 1. The number of hydrogen-bond acceptors (Lipinski definition) is 5. The number of fused-ring (bicyclic) bond motifs is 1. The number of benzene rings is 1. The van der Waals surface area contributed by atoms with Crippen LogP contribution in [0.2, 0.25) is 0 Å². The van der Waals surface area contributed by atoms with Gasteiger partial charge in [0.1, 0.15) is 0 Å². The lowest BCUT2D eigenvalue weighted by Gasteiger charge is -2.11. The molecule has 3 aromatic heterocycles. The number of nitrogens with one attached hydrogen (secondary N) is 3. The number of H-pyrrole nitrogens is 1. The van der Waals surface area contributed by atoms with Gasteiger partial charge in [0.25, 0.3) is 0 Å². The van der Waals surface area contributed by atoms with E-state index in [-0.39, 0.29) is 5.91 Å². The van der Waals surface area contributed by atoms with Crippen LogP contribution in [0.4, 0.5) is 5.95 Å². The van der Waals surface area contributed by atoms with E-state index in [1.807, 2.05) is 55.8 Å². The molecule has 3 N–H and O–H groups in total. The van der Waals surface area contributed by atoms with Crippen LogP contribution in [0, 0.1) is 13.8 Å². The summed E-state index contributed by atoms with van der Waals surface area (Å²) in [4.78, 5) is 30.2. The second-order valence-corrected chi connectivity index (χ2v) is 8.28. The first-order valence-corrected chi connectivity index (χ1v) is 11.0. The predicted molar refractivity (Wildman–Crippen MR) is 126 cm³/mol. The number of hydrogen-bond donors (Lipinski definition) is 3. The molecule has 0 aliphatic carbocycles. The van der Waals surface area contributed by atoms with Crippen LogP contribution in [0.3, 0.4) is 0 Å². The normalized spacial score (nSPS) is 11.6. The molecule has 0 bridgehead atoms. The van der Waals surface area contributed by atoms with Crippen LogP contribution in [0.25, 0.3) is 10.9 Å². The highest BCUT2D eigenvalue weighted by atomic mass is 32.1. The van der Waals surface area contributed by atoms with E-state index in [4.69, 9.17) is 0 Å². The number of thiophene rings is 1. The zero-order chi connectivity index (χ0) is 21.6. The van der Waals surface area contributed by atoms with Gasteiger partial charge in [-0.05, 0) is 49.4 Å². The van der Waals surface area contributed by atoms with Crippen molar-refractivity contribution in [1.82, 2.24) is 20.3 Å². The van der Waals surface area contributed by atoms with E-state index in [1.54, 1.807) is 11.3 Å². The largest absolute Gasteiger partial charge is 0.361 e. The van der Waals surface area contributed by atoms with Crippen LogP contribution in [-0.4, -0.2) is 33.4 Å². The third kappa shape index (κ3) is 5.55. The molecule has 31 heavy (non-hydrogen) atoms. The molecule has 0 unspecified atom stereocenters. The number of anilines is 1. The van der Waals surface area contributed by atoms with Crippen LogP contribution >= 0.6 is 11.3 Å². The first kappa shape index (κ1) is 20.7. The van der Waals surface area contributed by atoms with Crippen LogP contribution < -0.4 is 10.6 Å². The number of aromatic amines is 1. The molecule has 158 valence electrons. The van der Waals surface area contributed by atoms with Gasteiger partial charge in [0, 0.05) is 39.9 Å². The van der Waals surface area contributed by atoms with Gasteiger partial charge in [-0.25, -0.2) is 9.97 Å². The molecule has 0 spiro atoms. The SMILES string of the molecule is Cc1cc(C)nc(NC(=NCCc2c[nH]c3ccccc23)NC(=O)Cc2cccs2)n1. The van der Waals surface area contributed by atoms with Crippen molar-refractivity contribution in [3.63, 3.8) is 0 Å². The highest BCUT2D eigenvalue weighted by molar-refractivity contribution is 7.10.